The molecule has 126 valence electrons. The summed E-state index contributed by atoms with van der Waals surface area (Å²) in [6, 6.07) is 0. The van der Waals surface area contributed by atoms with Crippen LogP contribution in [0.25, 0.3) is 0 Å². The van der Waals surface area contributed by atoms with Gasteiger partial charge >= 0.3 is 0 Å². The quantitative estimate of drug-likeness (QED) is 0.401. The van der Waals surface area contributed by atoms with E-state index in [9.17, 15) is 0 Å². The van der Waals surface area contributed by atoms with Gasteiger partial charge in [0.25, 0.3) is 0 Å². The zero-order valence-electron chi connectivity index (χ0n) is 14.3. The third-order valence-corrected chi connectivity index (χ3v) is 4.93. The van der Waals surface area contributed by atoms with Crippen molar-refractivity contribution in [3.63, 3.8) is 0 Å². The fourth-order valence-electron chi connectivity index (χ4n) is 2.60. The molecule has 0 aromatic heterocycles. The van der Waals surface area contributed by atoms with Crippen molar-refractivity contribution in [2.45, 2.75) is 38.9 Å². The summed E-state index contributed by atoms with van der Waals surface area (Å²) in [6.07, 6.45) is 1.22. The van der Waals surface area contributed by atoms with Crippen LogP contribution in [0.2, 0.25) is 0 Å². The van der Waals surface area contributed by atoms with Crippen LogP contribution in [0.5, 0.6) is 0 Å². The Kier molecular flexibility index (Phi) is 11.1. The highest BCUT2D eigenvalue weighted by molar-refractivity contribution is 14.0. The van der Waals surface area contributed by atoms with Crippen LogP contribution in [-0.4, -0.2) is 72.6 Å². The number of rotatable bonds is 6. The van der Waals surface area contributed by atoms with E-state index >= 15 is 0 Å². The molecule has 0 atom stereocenters. The molecule has 0 unspecified atom stereocenters. The minimum atomic E-state index is 0. The molecule has 6 heteroatoms. The molecular formula is C15H33IN4S. The molecule has 1 fully saturated rings. The zero-order valence-corrected chi connectivity index (χ0v) is 17.5. The second kappa shape index (κ2) is 10.9. The Morgan fingerprint density at radius 3 is 2.57 bits per heavy atom. The van der Waals surface area contributed by atoms with Gasteiger partial charge in [-0.15, -0.1) is 24.0 Å². The van der Waals surface area contributed by atoms with Gasteiger partial charge in [-0.2, -0.15) is 11.8 Å². The van der Waals surface area contributed by atoms with Crippen molar-refractivity contribution in [3.05, 3.63) is 0 Å². The van der Waals surface area contributed by atoms with E-state index in [0.717, 1.165) is 38.7 Å². The highest BCUT2D eigenvalue weighted by atomic mass is 127. The summed E-state index contributed by atoms with van der Waals surface area (Å²) < 4.78 is 0.327. The summed E-state index contributed by atoms with van der Waals surface area (Å²) in [6.45, 7) is 15.7. The van der Waals surface area contributed by atoms with Crippen molar-refractivity contribution in [1.29, 1.82) is 0 Å². The van der Waals surface area contributed by atoms with E-state index in [1.165, 1.54) is 18.7 Å². The summed E-state index contributed by atoms with van der Waals surface area (Å²) in [4.78, 5) is 9.33. The van der Waals surface area contributed by atoms with Gasteiger partial charge in [-0.3, -0.25) is 4.99 Å². The van der Waals surface area contributed by atoms with E-state index < -0.39 is 0 Å². The average Bonchev–Trinajstić information content (AvgIpc) is 2.41. The lowest BCUT2D eigenvalue weighted by Gasteiger charge is -2.39. The van der Waals surface area contributed by atoms with E-state index in [4.69, 9.17) is 0 Å². The normalized spacial score (nSPS) is 18.6. The van der Waals surface area contributed by atoms with Crippen LogP contribution >= 0.6 is 35.7 Å². The molecule has 0 bridgehead atoms. The fraction of sp³-hybridized carbons (Fsp3) is 0.933. The lowest BCUT2D eigenvalue weighted by molar-refractivity contribution is 0.290. The largest absolute Gasteiger partial charge is 0.355 e. The number of guanidine groups is 1. The van der Waals surface area contributed by atoms with E-state index in [0.29, 0.717) is 4.75 Å². The van der Waals surface area contributed by atoms with E-state index in [1.807, 2.05) is 7.05 Å². The van der Waals surface area contributed by atoms with Crippen LogP contribution in [0.1, 0.15) is 34.1 Å². The third-order valence-electron chi connectivity index (χ3n) is 3.64. The first-order valence-electron chi connectivity index (χ1n) is 7.84. The minimum Gasteiger partial charge on any atom is -0.355 e. The molecule has 0 aromatic rings. The number of halogens is 1. The Labute approximate surface area is 152 Å². The molecule has 0 saturated carbocycles. The smallest absolute Gasteiger partial charge is 0.193 e. The Balaban J connectivity index is 0.00000400. The van der Waals surface area contributed by atoms with Gasteiger partial charge in [-0.05, 0) is 33.4 Å². The van der Waals surface area contributed by atoms with Crippen molar-refractivity contribution in [2.24, 2.45) is 4.99 Å². The second-order valence-electron chi connectivity index (χ2n) is 5.94. The van der Waals surface area contributed by atoms with Gasteiger partial charge in [-0.1, -0.05) is 13.8 Å². The van der Waals surface area contributed by atoms with E-state index in [1.54, 1.807) is 0 Å². The Bertz CT molecular complexity index is 310. The van der Waals surface area contributed by atoms with Crippen molar-refractivity contribution in [2.75, 3.05) is 52.1 Å². The van der Waals surface area contributed by atoms with Crippen LogP contribution in [0, 0.1) is 0 Å². The molecule has 1 rings (SSSR count). The first-order valence-corrected chi connectivity index (χ1v) is 8.83. The van der Waals surface area contributed by atoms with Crippen LogP contribution < -0.4 is 5.32 Å². The van der Waals surface area contributed by atoms with Crippen molar-refractivity contribution in [1.82, 2.24) is 15.1 Å². The topological polar surface area (TPSA) is 30.9 Å². The van der Waals surface area contributed by atoms with Crippen molar-refractivity contribution >= 4 is 41.7 Å². The maximum atomic E-state index is 4.45. The number of nitrogens with one attached hydrogen (secondary N) is 1. The number of likely N-dealkylation sites (N-methyl/N-ethyl adjacent to an activating group) is 1. The molecule has 0 aliphatic carbocycles. The SMILES string of the molecule is CCCN(CC)CCNC(=NC)N1CCSC(C)(C)C1.I. The molecule has 1 N–H and O–H groups in total. The maximum absolute atomic E-state index is 4.45. The number of hydrogen-bond acceptors (Lipinski definition) is 3. The average molecular weight is 428 g/mol. The molecule has 1 aliphatic heterocycles. The summed E-state index contributed by atoms with van der Waals surface area (Å²) in [7, 11) is 1.89. The number of aliphatic imine (C=N–C) groups is 1. The standard InChI is InChI=1S/C15H32N4S.HI/c1-6-9-18(7-2)10-8-17-14(16-5)19-11-12-20-15(3,4)13-19;/h6-13H2,1-5H3,(H,16,17);1H. The highest BCUT2D eigenvalue weighted by Crippen LogP contribution is 2.29. The van der Waals surface area contributed by atoms with Gasteiger partial charge in [-0.25, -0.2) is 0 Å². The lowest BCUT2D eigenvalue weighted by atomic mass is 10.2. The van der Waals surface area contributed by atoms with Crippen LogP contribution in [0.4, 0.5) is 0 Å². The van der Waals surface area contributed by atoms with Gasteiger partial charge in [0.2, 0.25) is 0 Å². The highest BCUT2D eigenvalue weighted by Gasteiger charge is 2.28. The summed E-state index contributed by atoms with van der Waals surface area (Å²) in [5, 5.41) is 3.53. The molecule has 4 nitrogen and oxygen atoms in total. The van der Waals surface area contributed by atoms with Gasteiger partial charge in [0.1, 0.15) is 0 Å². The fourth-order valence-corrected chi connectivity index (χ4v) is 3.71. The van der Waals surface area contributed by atoms with Crippen LogP contribution in [0.15, 0.2) is 4.99 Å². The number of nitrogens with zero attached hydrogens (tertiary/aromatic N) is 3. The molecule has 21 heavy (non-hydrogen) atoms. The van der Waals surface area contributed by atoms with E-state index in [2.05, 4.69) is 59.6 Å². The van der Waals surface area contributed by atoms with Crippen molar-refractivity contribution < 1.29 is 0 Å². The monoisotopic (exact) mass is 428 g/mol. The summed E-state index contributed by atoms with van der Waals surface area (Å²) in [5.41, 5.74) is 0. The number of hydrogen-bond donors (Lipinski definition) is 1. The van der Waals surface area contributed by atoms with Crippen LogP contribution in [0.3, 0.4) is 0 Å². The summed E-state index contributed by atoms with van der Waals surface area (Å²) >= 11 is 2.06. The van der Waals surface area contributed by atoms with Gasteiger partial charge in [0.05, 0.1) is 0 Å². The first kappa shape index (κ1) is 21.3. The second-order valence-corrected chi connectivity index (χ2v) is 7.74. The van der Waals surface area contributed by atoms with Gasteiger partial charge in [0, 0.05) is 43.7 Å². The third kappa shape index (κ3) is 7.93. The molecule has 0 spiro atoms. The predicted octanol–water partition coefficient (Wildman–Crippen LogP) is 2.74. The Hall–Kier alpha value is 0.310. The van der Waals surface area contributed by atoms with E-state index in [-0.39, 0.29) is 24.0 Å². The first-order chi connectivity index (χ1) is 9.52. The molecular weight excluding hydrogens is 395 g/mol. The van der Waals surface area contributed by atoms with Crippen molar-refractivity contribution in [3.8, 4) is 0 Å². The minimum absolute atomic E-state index is 0. The predicted molar refractivity (Wildman–Crippen MR) is 107 cm³/mol. The maximum Gasteiger partial charge on any atom is 0.193 e. The Morgan fingerprint density at radius 2 is 2.05 bits per heavy atom. The lowest BCUT2D eigenvalue weighted by Crippen LogP contribution is -2.51. The van der Waals surface area contributed by atoms with Gasteiger partial charge in [0.15, 0.2) is 5.96 Å². The zero-order chi connectivity index (χ0) is 15.0. The molecule has 1 heterocycles. The molecule has 1 saturated heterocycles. The molecule has 0 radical (unpaired) electrons. The number of thioether (sulfide) groups is 1. The molecule has 0 amide bonds. The van der Waals surface area contributed by atoms with Gasteiger partial charge < -0.3 is 15.1 Å². The molecule has 0 aromatic carbocycles. The molecule has 1 aliphatic rings. The Morgan fingerprint density at radius 1 is 1.33 bits per heavy atom. The summed E-state index contributed by atoms with van der Waals surface area (Å²) in [5.74, 6) is 2.25. The van der Waals surface area contributed by atoms with Crippen LogP contribution in [-0.2, 0) is 0 Å².